The smallest absolute Gasteiger partial charge is 0.243 e. The maximum Gasteiger partial charge on any atom is 0.243 e. The summed E-state index contributed by atoms with van der Waals surface area (Å²) >= 11 is 0. The minimum absolute atomic E-state index is 0.0263. The fourth-order valence-corrected chi connectivity index (χ4v) is 11.3. The summed E-state index contributed by atoms with van der Waals surface area (Å²) < 4.78 is 0. The lowest BCUT2D eigenvalue weighted by Crippen LogP contribution is -2.62. The van der Waals surface area contributed by atoms with E-state index >= 15 is 0 Å². The SMILES string of the molecule is CC[C@H](C)[C@H](NC(=O)[C@H](CCCCN)NC(=O)[C@@H](NC(=O)[C@H](C)NC(=O)[C@@H](NC(=O)[C@@H](NC(=O)[C@H](CC(C)C)NC(=O)[C@H](CCCN=C(N)N)NC(=O)[C@@H](N)C(C)C)[C@@H](C)CC)C(C)C)C(C)C)C(=O)N[C@@H](Cc1c[nH]c2ccccc12)C(=O)N[C@@H](CCCN=C(N)N)C(=O)N[C@@H](CCCN=C(N)N)C(N)=O. The first-order chi connectivity index (χ1) is 50.3. The molecule has 602 valence electrons. The van der Waals surface area contributed by atoms with Crippen LogP contribution < -0.4 is 110 Å². The van der Waals surface area contributed by atoms with E-state index < -0.39 is 167 Å². The van der Waals surface area contributed by atoms with Crippen LogP contribution in [0.1, 0.15) is 173 Å². The fraction of sp³-hybridized carbons (Fsp3) is 0.676. The molecule has 0 saturated carbocycles. The first kappa shape index (κ1) is 93.2. The standard InChI is InChI=1S/C71H126N24O12/c1-14-40(11)55(67(106)91-51(34-43-35-84-45-24-17-16-23-44(43)45)62(101)87-48(27-21-31-82-70(77)78)59(98)86-46(57(74)96)26-20-30-81-69(75)76)94-61(100)47(25-18-19-29-72)89-66(105)54(39(9)10)92-58(97)42(13)85-65(104)53(38(7)8)93-68(107)56(41(12)15-2)95-63(102)50(33-36(3)4)90-60(99)49(28-22-32-83-71(79)80)88-64(103)52(73)37(5)6/h16-17,23-24,35-42,46-56,84H,14-15,18-22,25-34,72-73H2,1-13H3,(H2,74,96)(H,85,104)(H,86,98)(H,87,101)(H,88,103)(H,89,105)(H,90,99)(H,91,106)(H,92,97)(H,93,107)(H,94,100)(H,95,102)(H4,75,76,81)(H4,77,78,82)(H4,79,80,83)/t40-,41-,42-,46-,47-,48-,49-,50-,51-,52-,53-,54-,55-,56-/m0/s1. The average molecular weight is 1510 g/mol. The summed E-state index contributed by atoms with van der Waals surface area (Å²) in [6, 6.07) is -7.77. The van der Waals surface area contributed by atoms with Gasteiger partial charge in [-0.25, -0.2) is 0 Å². The van der Waals surface area contributed by atoms with E-state index in [4.69, 9.17) is 51.6 Å². The molecule has 36 nitrogen and oxygen atoms in total. The van der Waals surface area contributed by atoms with E-state index in [1.807, 2.05) is 32.0 Å². The van der Waals surface area contributed by atoms with Gasteiger partial charge in [-0.3, -0.25) is 72.5 Å². The van der Waals surface area contributed by atoms with E-state index in [1.165, 1.54) is 6.92 Å². The highest BCUT2D eigenvalue weighted by atomic mass is 16.2. The van der Waals surface area contributed by atoms with E-state index in [9.17, 15) is 57.5 Å². The number of carbonyl (C=O) groups is 12. The summed E-state index contributed by atoms with van der Waals surface area (Å²) in [4.78, 5) is 185. The third-order valence-electron chi connectivity index (χ3n) is 18.3. The minimum atomic E-state index is -1.42. The Bertz CT molecular complexity index is 3330. The molecule has 0 fully saturated rings. The van der Waals surface area contributed by atoms with Gasteiger partial charge >= 0.3 is 0 Å². The number of nitrogens with zero attached hydrogens (tertiary/aromatic N) is 3. The molecule has 1 heterocycles. The maximum absolute atomic E-state index is 14.9. The second kappa shape index (κ2) is 47.6. The van der Waals surface area contributed by atoms with Gasteiger partial charge in [-0.05, 0) is 125 Å². The number of fused-ring (bicyclic) bond motifs is 1. The van der Waals surface area contributed by atoms with E-state index in [-0.39, 0.29) is 114 Å². The highest BCUT2D eigenvalue weighted by Crippen LogP contribution is 2.21. The predicted molar refractivity (Wildman–Crippen MR) is 412 cm³/mol. The summed E-state index contributed by atoms with van der Waals surface area (Å²) in [6.45, 7) is 22.8. The van der Waals surface area contributed by atoms with Crippen molar-refractivity contribution in [1.29, 1.82) is 0 Å². The van der Waals surface area contributed by atoms with Crippen molar-refractivity contribution < 1.29 is 57.5 Å². The van der Waals surface area contributed by atoms with Crippen LogP contribution in [0.2, 0.25) is 0 Å². The number of amides is 12. The number of benzene rings is 1. The maximum atomic E-state index is 14.9. The van der Waals surface area contributed by atoms with Crippen molar-refractivity contribution in [2.75, 3.05) is 26.2 Å². The molecule has 12 amide bonds. The van der Waals surface area contributed by atoms with E-state index in [1.54, 1.807) is 81.5 Å². The molecule has 1 aromatic heterocycles. The number of unbranched alkanes of at least 4 members (excludes halogenated alkanes) is 1. The first-order valence-electron chi connectivity index (χ1n) is 37.1. The van der Waals surface area contributed by atoms with Gasteiger partial charge in [-0.15, -0.1) is 0 Å². The number of hydrogen-bond acceptors (Lipinski definition) is 17. The van der Waals surface area contributed by atoms with Crippen LogP contribution in [-0.2, 0) is 64.0 Å². The Hall–Kier alpha value is -9.87. The number of aromatic nitrogens is 1. The molecule has 0 aliphatic heterocycles. The van der Waals surface area contributed by atoms with Gasteiger partial charge in [0.25, 0.3) is 0 Å². The number of primary amides is 1. The Morgan fingerprint density at radius 2 is 0.766 bits per heavy atom. The minimum Gasteiger partial charge on any atom is -0.370 e. The van der Waals surface area contributed by atoms with Gasteiger partial charge in [0.15, 0.2) is 17.9 Å². The highest BCUT2D eigenvalue weighted by Gasteiger charge is 2.39. The zero-order chi connectivity index (χ0) is 80.9. The normalized spacial score (nSPS) is 15.3. The molecule has 107 heavy (non-hydrogen) atoms. The Kier molecular flexibility index (Phi) is 41.5. The monoisotopic (exact) mass is 1510 g/mol. The van der Waals surface area contributed by atoms with Gasteiger partial charge in [0, 0.05) is 43.2 Å². The molecule has 0 aliphatic rings. The van der Waals surface area contributed by atoms with Crippen LogP contribution in [0.3, 0.4) is 0 Å². The van der Waals surface area contributed by atoms with Crippen LogP contribution in [-0.4, -0.2) is 192 Å². The van der Waals surface area contributed by atoms with Gasteiger partial charge in [0.2, 0.25) is 70.9 Å². The molecule has 0 aliphatic carbocycles. The van der Waals surface area contributed by atoms with Gasteiger partial charge < -0.3 is 115 Å². The largest absolute Gasteiger partial charge is 0.370 e. The van der Waals surface area contributed by atoms with Crippen molar-refractivity contribution in [2.24, 2.45) is 102 Å². The van der Waals surface area contributed by atoms with Gasteiger partial charge in [0.1, 0.15) is 66.5 Å². The van der Waals surface area contributed by atoms with Gasteiger partial charge in [-0.1, -0.05) is 114 Å². The lowest BCUT2D eigenvalue weighted by molar-refractivity contribution is -0.137. The van der Waals surface area contributed by atoms with Crippen LogP contribution >= 0.6 is 0 Å². The van der Waals surface area contributed by atoms with Crippen molar-refractivity contribution in [3.8, 4) is 0 Å². The lowest BCUT2D eigenvalue weighted by atomic mass is 9.95. The number of carbonyl (C=O) groups excluding carboxylic acids is 12. The molecular weight excluding hydrogens is 1380 g/mol. The third-order valence-corrected chi connectivity index (χ3v) is 18.3. The third kappa shape index (κ3) is 33.2. The van der Waals surface area contributed by atoms with E-state index in [0.29, 0.717) is 31.2 Å². The summed E-state index contributed by atoms with van der Waals surface area (Å²) in [7, 11) is 0. The number of guanidine groups is 3. The topological polar surface area (TPSA) is 624 Å². The number of H-pyrrole nitrogens is 1. The molecule has 1 aromatic carbocycles. The number of rotatable bonds is 50. The Morgan fingerprint density at radius 1 is 0.402 bits per heavy atom. The molecule has 14 atom stereocenters. The second-order valence-electron chi connectivity index (χ2n) is 28.8. The number of nitrogens with two attached hydrogens (primary N) is 9. The first-order valence-corrected chi connectivity index (χ1v) is 37.1. The molecule has 0 saturated heterocycles. The van der Waals surface area contributed by atoms with Crippen LogP contribution in [0, 0.1) is 35.5 Å². The second-order valence-corrected chi connectivity index (χ2v) is 28.8. The van der Waals surface area contributed by atoms with Crippen molar-refractivity contribution in [3.63, 3.8) is 0 Å². The van der Waals surface area contributed by atoms with Crippen molar-refractivity contribution in [2.45, 2.75) is 246 Å². The van der Waals surface area contributed by atoms with Crippen molar-refractivity contribution in [3.05, 3.63) is 36.0 Å². The zero-order valence-corrected chi connectivity index (χ0v) is 64.7. The van der Waals surface area contributed by atoms with Crippen molar-refractivity contribution >= 4 is 99.7 Å². The van der Waals surface area contributed by atoms with Crippen LogP contribution in [0.25, 0.3) is 10.9 Å². The number of nitrogens with one attached hydrogen (secondary N) is 12. The van der Waals surface area contributed by atoms with Crippen LogP contribution in [0.4, 0.5) is 0 Å². The molecule has 0 spiro atoms. The number of para-hydroxylation sites is 1. The summed E-state index contributed by atoms with van der Waals surface area (Å²) in [5.41, 5.74) is 52.1. The zero-order valence-electron chi connectivity index (χ0n) is 64.7. The van der Waals surface area contributed by atoms with Crippen molar-refractivity contribution in [1.82, 2.24) is 63.5 Å². The molecule has 0 radical (unpaired) electrons. The Balaban J connectivity index is 2.47. The lowest BCUT2D eigenvalue weighted by Gasteiger charge is -2.31. The molecule has 36 heteroatoms. The molecule has 2 aromatic rings. The van der Waals surface area contributed by atoms with E-state index in [2.05, 4.69) is 78.4 Å². The van der Waals surface area contributed by atoms with E-state index in [0.717, 1.165) is 10.9 Å². The average Bonchev–Trinajstić information content (AvgIpc) is 1.69. The Morgan fingerprint density at radius 3 is 1.21 bits per heavy atom. The molecule has 0 unspecified atom stereocenters. The van der Waals surface area contributed by atoms with Gasteiger partial charge in [-0.2, -0.15) is 0 Å². The quantitative estimate of drug-likeness (QED) is 0.0182. The van der Waals surface area contributed by atoms with Crippen LogP contribution in [0.15, 0.2) is 45.4 Å². The number of aromatic amines is 1. The predicted octanol–water partition coefficient (Wildman–Crippen LogP) is -2.73. The molecule has 0 bridgehead atoms. The Labute approximate surface area is 628 Å². The summed E-state index contributed by atoms with van der Waals surface area (Å²) in [6.07, 6.45) is 3.98. The van der Waals surface area contributed by atoms with Gasteiger partial charge in [0.05, 0.1) is 6.04 Å². The molecule has 2 rings (SSSR count). The number of hydrogen-bond donors (Lipinski definition) is 21. The molecule has 30 N–H and O–H groups in total. The fourth-order valence-electron chi connectivity index (χ4n) is 11.3. The summed E-state index contributed by atoms with van der Waals surface area (Å²) in [5.74, 6) is -12.4. The molecular formula is C71H126N24O12. The number of aliphatic imine (C=N–C) groups is 3. The van der Waals surface area contributed by atoms with Crippen LogP contribution in [0.5, 0.6) is 0 Å². The highest BCUT2D eigenvalue weighted by molar-refractivity contribution is 6.00. The summed E-state index contributed by atoms with van der Waals surface area (Å²) in [5, 5.41) is 30.9.